The molecular formula is C24H22F2N2O2. The molecule has 1 atom stereocenters. The largest absolute Gasteiger partial charge is 0.449 e. The van der Waals surface area contributed by atoms with Gasteiger partial charge in [-0.2, -0.15) is 0 Å². The Labute approximate surface area is 173 Å². The van der Waals surface area contributed by atoms with Crippen molar-refractivity contribution in [3.05, 3.63) is 95.1 Å². The summed E-state index contributed by atoms with van der Waals surface area (Å²) in [6, 6.07) is 19.4. The quantitative estimate of drug-likeness (QED) is 0.637. The summed E-state index contributed by atoms with van der Waals surface area (Å²) >= 11 is 0. The maximum Gasteiger partial charge on any atom is 0.407 e. The normalized spacial score (nSPS) is 13.4. The molecule has 154 valence electrons. The molecule has 0 aromatic heterocycles. The molecule has 3 aromatic rings. The molecule has 0 saturated heterocycles. The zero-order valence-corrected chi connectivity index (χ0v) is 16.3. The number of halogens is 2. The van der Waals surface area contributed by atoms with Gasteiger partial charge >= 0.3 is 6.09 Å². The van der Waals surface area contributed by atoms with E-state index in [0.717, 1.165) is 34.4 Å². The Hall–Kier alpha value is -3.25. The van der Waals surface area contributed by atoms with Crippen molar-refractivity contribution in [3.63, 3.8) is 0 Å². The molecule has 0 bridgehead atoms. The highest BCUT2D eigenvalue weighted by molar-refractivity contribution is 5.79. The third-order valence-electron chi connectivity index (χ3n) is 5.33. The minimum absolute atomic E-state index is 0.0148. The molecule has 1 aliphatic rings. The minimum atomic E-state index is -0.913. The molecule has 3 aromatic carbocycles. The van der Waals surface area contributed by atoms with Gasteiger partial charge in [0.1, 0.15) is 6.61 Å². The first-order valence-corrected chi connectivity index (χ1v) is 9.81. The Morgan fingerprint density at radius 3 is 2.23 bits per heavy atom. The lowest BCUT2D eigenvalue weighted by Gasteiger charge is -2.16. The minimum Gasteiger partial charge on any atom is -0.449 e. The third kappa shape index (κ3) is 4.19. The first-order valence-electron chi connectivity index (χ1n) is 9.81. The summed E-state index contributed by atoms with van der Waals surface area (Å²) in [5.74, 6) is -1.83. The van der Waals surface area contributed by atoms with E-state index in [4.69, 9.17) is 10.5 Å². The first-order chi connectivity index (χ1) is 14.5. The molecule has 0 saturated carbocycles. The monoisotopic (exact) mass is 408 g/mol. The van der Waals surface area contributed by atoms with Gasteiger partial charge in [0, 0.05) is 18.5 Å². The summed E-state index contributed by atoms with van der Waals surface area (Å²) < 4.78 is 31.8. The Bertz CT molecular complexity index is 1030. The zero-order chi connectivity index (χ0) is 21.1. The van der Waals surface area contributed by atoms with E-state index in [1.165, 1.54) is 6.07 Å². The fourth-order valence-corrected chi connectivity index (χ4v) is 3.91. The van der Waals surface area contributed by atoms with Crippen LogP contribution in [0.3, 0.4) is 0 Å². The number of amides is 1. The molecule has 0 heterocycles. The molecule has 1 amide bonds. The van der Waals surface area contributed by atoms with E-state index in [-0.39, 0.29) is 19.1 Å². The van der Waals surface area contributed by atoms with Crippen LogP contribution in [-0.2, 0) is 11.2 Å². The maximum atomic E-state index is 13.3. The van der Waals surface area contributed by atoms with Gasteiger partial charge in [0.15, 0.2) is 11.6 Å². The van der Waals surface area contributed by atoms with Crippen molar-refractivity contribution in [3.8, 4) is 11.1 Å². The van der Waals surface area contributed by atoms with Gasteiger partial charge in [-0.15, -0.1) is 0 Å². The number of nitrogens with one attached hydrogen (secondary N) is 1. The fourth-order valence-electron chi connectivity index (χ4n) is 3.91. The number of hydrogen-bond donors (Lipinski definition) is 2. The standard InChI is InChI=1S/C24H22F2N2O2/c25-22-10-9-15(12-23(22)26)11-16(27)13-28-24(29)30-14-21-19-7-3-1-5-17(19)18-6-2-4-8-20(18)21/h1-10,12,16,21H,11,13-14,27H2,(H,28,29)/t16-/m1/s1. The van der Waals surface area contributed by atoms with Crippen LogP contribution in [0, 0.1) is 11.6 Å². The summed E-state index contributed by atoms with van der Waals surface area (Å²) in [6.45, 7) is 0.383. The van der Waals surface area contributed by atoms with Crippen LogP contribution in [0.5, 0.6) is 0 Å². The summed E-state index contributed by atoms with van der Waals surface area (Å²) in [6.07, 6.45) is -0.251. The van der Waals surface area contributed by atoms with Crippen LogP contribution in [-0.4, -0.2) is 25.3 Å². The Morgan fingerprint density at radius 2 is 1.60 bits per heavy atom. The van der Waals surface area contributed by atoms with Crippen LogP contribution in [0.1, 0.15) is 22.6 Å². The number of carbonyl (C=O) groups is 1. The summed E-state index contributed by atoms with van der Waals surface area (Å²) in [4.78, 5) is 12.2. The Morgan fingerprint density at radius 1 is 0.967 bits per heavy atom. The van der Waals surface area contributed by atoms with E-state index in [1.54, 1.807) is 0 Å². The second kappa shape index (κ2) is 8.63. The van der Waals surface area contributed by atoms with Gasteiger partial charge in [-0.25, -0.2) is 13.6 Å². The number of rotatable bonds is 6. The number of ether oxygens (including phenoxy) is 1. The number of carbonyl (C=O) groups excluding carboxylic acids is 1. The van der Waals surface area contributed by atoms with E-state index in [9.17, 15) is 13.6 Å². The highest BCUT2D eigenvalue weighted by Crippen LogP contribution is 2.44. The molecule has 0 unspecified atom stereocenters. The topological polar surface area (TPSA) is 64.3 Å². The van der Waals surface area contributed by atoms with E-state index >= 15 is 0 Å². The average Bonchev–Trinajstić information content (AvgIpc) is 3.07. The van der Waals surface area contributed by atoms with E-state index in [0.29, 0.717) is 12.0 Å². The van der Waals surface area contributed by atoms with Crippen LogP contribution in [0.2, 0.25) is 0 Å². The lowest BCUT2D eigenvalue weighted by molar-refractivity contribution is 0.142. The van der Waals surface area contributed by atoms with Crippen molar-refractivity contribution >= 4 is 6.09 Å². The van der Waals surface area contributed by atoms with E-state index in [2.05, 4.69) is 29.6 Å². The molecule has 0 aliphatic heterocycles. The summed E-state index contributed by atoms with van der Waals surface area (Å²) in [5, 5.41) is 2.65. The van der Waals surface area contributed by atoms with Crippen molar-refractivity contribution in [1.82, 2.24) is 5.32 Å². The summed E-state index contributed by atoms with van der Waals surface area (Å²) in [5.41, 5.74) is 11.2. The fraction of sp³-hybridized carbons (Fsp3) is 0.208. The van der Waals surface area contributed by atoms with Crippen molar-refractivity contribution in [2.24, 2.45) is 5.73 Å². The van der Waals surface area contributed by atoms with Crippen molar-refractivity contribution < 1.29 is 18.3 Å². The molecule has 6 heteroatoms. The van der Waals surface area contributed by atoms with Gasteiger partial charge in [-0.3, -0.25) is 0 Å². The van der Waals surface area contributed by atoms with Crippen LogP contribution in [0.4, 0.5) is 13.6 Å². The van der Waals surface area contributed by atoms with Gasteiger partial charge in [-0.05, 0) is 46.4 Å². The lowest BCUT2D eigenvalue weighted by Crippen LogP contribution is -2.39. The molecule has 4 rings (SSSR count). The Kier molecular flexibility index (Phi) is 5.77. The number of nitrogens with two attached hydrogens (primary N) is 1. The highest BCUT2D eigenvalue weighted by atomic mass is 19.2. The van der Waals surface area contributed by atoms with Gasteiger partial charge in [-0.1, -0.05) is 54.6 Å². The number of benzene rings is 3. The van der Waals surface area contributed by atoms with Crippen LogP contribution >= 0.6 is 0 Å². The lowest BCUT2D eigenvalue weighted by atomic mass is 9.98. The molecule has 3 N–H and O–H groups in total. The molecule has 30 heavy (non-hydrogen) atoms. The predicted octanol–water partition coefficient (Wildman–Crippen LogP) is 4.37. The second-order valence-corrected chi connectivity index (χ2v) is 7.42. The van der Waals surface area contributed by atoms with Gasteiger partial charge in [0.05, 0.1) is 0 Å². The van der Waals surface area contributed by atoms with Crippen LogP contribution in [0.25, 0.3) is 11.1 Å². The van der Waals surface area contributed by atoms with Gasteiger partial charge in [0.25, 0.3) is 0 Å². The molecule has 0 spiro atoms. The molecule has 0 radical (unpaired) electrons. The van der Waals surface area contributed by atoms with Crippen molar-refractivity contribution in [2.75, 3.05) is 13.2 Å². The second-order valence-electron chi connectivity index (χ2n) is 7.42. The Balaban J connectivity index is 1.31. The van der Waals surface area contributed by atoms with Crippen LogP contribution < -0.4 is 11.1 Å². The van der Waals surface area contributed by atoms with E-state index in [1.807, 2.05) is 24.3 Å². The smallest absolute Gasteiger partial charge is 0.407 e. The third-order valence-corrected chi connectivity index (χ3v) is 5.33. The number of alkyl carbamates (subject to hydrolysis) is 1. The van der Waals surface area contributed by atoms with E-state index < -0.39 is 23.8 Å². The maximum absolute atomic E-state index is 13.3. The highest BCUT2D eigenvalue weighted by Gasteiger charge is 2.29. The SMILES string of the molecule is N[C@@H](CNC(=O)OCC1c2ccccc2-c2ccccc21)Cc1ccc(F)c(F)c1. The van der Waals surface area contributed by atoms with Crippen molar-refractivity contribution in [2.45, 2.75) is 18.4 Å². The van der Waals surface area contributed by atoms with Gasteiger partial charge in [0.2, 0.25) is 0 Å². The molecule has 0 fully saturated rings. The number of hydrogen-bond acceptors (Lipinski definition) is 3. The summed E-state index contributed by atoms with van der Waals surface area (Å²) in [7, 11) is 0. The molecular weight excluding hydrogens is 386 g/mol. The van der Waals surface area contributed by atoms with Crippen LogP contribution in [0.15, 0.2) is 66.7 Å². The van der Waals surface area contributed by atoms with Gasteiger partial charge < -0.3 is 15.8 Å². The molecule has 1 aliphatic carbocycles. The average molecular weight is 408 g/mol. The number of fused-ring (bicyclic) bond motifs is 3. The first kappa shape index (κ1) is 20.0. The molecule has 4 nitrogen and oxygen atoms in total. The zero-order valence-electron chi connectivity index (χ0n) is 16.3. The predicted molar refractivity (Wildman–Crippen MR) is 111 cm³/mol. The van der Waals surface area contributed by atoms with Crippen molar-refractivity contribution in [1.29, 1.82) is 0 Å².